The standard InChI is InChI=1S/2C24H27N3O3.2C24H27N3O2S/c1-16-4-2-5-20(14-16)30-23-6-3-13-27(23)18-9-12-21(24(25)29)22(15-18)26-17-7-10-19(28)11-8-17;1-16-4-11-20(12-5-16)30-23-3-2-14-27(23)18-8-13-21(24(25)29)22(15-18)26-17-6-9-19(28)10-7-17;1-16-4-2-5-20(14-16)30-23-6-3-13-27(23)18-9-12-21(24(25)29)22(15-18)26-17-7-10-19(28)11-8-17;1-16-4-11-20(12-5-16)30-23-3-2-14-27(23)18-8-13-21(24(25)29)22(15-18)26-17-6-9-19(28)10-7-17/h2-6,9,12-15,17,19,26,28H,7-8,10-11H2,1H3,(H2,25,29);2-5,8,11-15,17,19,26,28H,6-7,9-10H2,1H3,(H2,25,29);2-6,9,12-15,17,19,26,28H,7-8,10-11H2,1H3,(H2,25,29);2-5,8,11-15,17,19,26,28H,6-7,9-10H2,1H3,(H2,25,29). The highest BCUT2D eigenvalue weighted by atomic mass is 32.2. The number of benzene rings is 8. The molecule has 4 aromatic heterocycles. The number of hydrogen-bond donors (Lipinski definition) is 12. The molecule has 0 saturated heterocycles. The Balaban J connectivity index is 0.000000138. The number of hydrogen-bond acceptors (Lipinski definition) is 16. The smallest absolute Gasteiger partial charge is 0.250 e. The lowest BCUT2D eigenvalue weighted by atomic mass is 9.92. The molecule has 0 unspecified atom stereocenters. The van der Waals surface area contributed by atoms with Gasteiger partial charge in [0.1, 0.15) is 11.5 Å². The highest BCUT2D eigenvalue weighted by molar-refractivity contribution is 7.99. The van der Waals surface area contributed by atoms with Gasteiger partial charge >= 0.3 is 0 Å². The minimum Gasteiger partial charge on any atom is -0.440 e. The number of nitrogens with two attached hydrogens (primary N) is 4. The number of carbonyl (C=O) groups is 4. The van der Waals surface area contributed by atoms with E-state index in [1.807, 2.05) is 181 Å². The summed E-state index contributed by atoms with van der Waals surface area (Å²) in [7, 11) is 0. The maximum absolute atomic E-state index is 12.0. The van der Waals surface area contributed by atoms with E-state index in [1.165, 1.54) is 26.5 Å². The molecule has 16 rings (SSSR count). The van der Waals surface area contributed by atoms with Gasteiger partial charge in [0.25, 0.3) is 23.6 Å². The molecule has 16 N–H and O–H groups in total. The van der Waals surface area contributed by atoms with Crippen molar-refractivity contribution in [2.75, 3.05) is 21.3 Å². The Morgan fingerprint density at radius 3 is 0.967 bits per heavy atom. The summed E-state index contributed by atoms with van der Waals surface area (Å²) in [5.41, 5.74) is 35.7. The summed E-state index contributed by atoms with van der Waals surface area (Å²) in [5.74, 6) is 1.06. The zero-order chi connectivity index (χ0) is 84.3. The third kappa shape index (κ3) is 23.3. The van der Waals surface area contributed by atoms with Crippen LogP contribution in [0.1, 0.15) is 166 Å². The normalized spacial score (nSPS) is 18.8. The first-order chi connectivity index (χ1) is 58.0. The molecular weight excluding hydrogens is 1550 g/mol. The average molecular weight is 1650 g/mol. The molecule has 4 aliphatic carbocycles. The topological polar surface area (TPSA) is 340 Å². The van der Waals surface area contributed by atoms with Crippen molar-refractivity contribution < 1.29 is 49.1 Å². The zero-order valence-corrected chi connectivity index (χ0v) is 69.8. The molecule has 4 fully saturated rings. The number of amides is 4. The molecule has 12 aromatic rings. The number of anilines is 4. The van der Waals surface area contributed by atoms with Gasteiger partial charge in [0.05, 0.1) is 68.1 Å². The second-order valence-electron chi connectivity index (χ2n) is 31.5. The van der Waals surface area contributed by atoms with Crippen LogP contribution < -0.4 is 53.7 Å². The maximum atomic E-state index is 12.0. The lowest BCUT2D eigenvalue weighted by Crippen LogP contribution is -2.29. The van der Waals surface area contributed by atoms with Crippen molar-refractivity contribution in [2.24, 2.45) is 22.9 Å². The first-order valence-electron chi connectivity index (χ1n) is 41.2. The highest BCUT2D eigenvalue weighted by Crippen LogP contribution is 2.38. The number of aryl methyl sites for hydroxylation is 4. The van der Waals surface area contributed by atoms with Gasteiger partial charge in [-0.1, -0.05) is 88.7 Å². The van der Waals surface area contributed by atoms with Crippen LogP contribution in [0, 0.1) is 27.7 Å². The first-order valence-corrected chi connectivity index (χ1v) is 42.8. The van der Waals surface area contributed by atoms with Crippen LogP contribution in [0.5, 0.6) is 23.3 Å². The molecule has 4 heterocycles. The molecule has 24 heteroatoms. The second-order valence-corrected chi connectivity index (χ2v) is 33.7. The Bertz CT molecular complexity index is 5120. The first kappa shape index (κ1) is 86.0. The van der Waals surface area contributed by atoms with Gasteiger partial charge < -0.3 is 83.2 Å². The summed E-state index contributed by atoms with van der Waals surface area (Å²) < 4.78 is 20.2. The Morgan fingerprint density at radius 2 is 0.617 bits per heavy atom. The Labute approximate surface area is 709 Å². The van der Waals surface area contributed by atoms with Crippen LogP contribution in [0.25, 0.3) is 22.7 Å². The minimum atomic E-state index is -0.469. The Kier molecular flexibility index (Phi) is 29.2. The predicted molar refractivity (Wildman–Crippen MR) is 478 cm³/mol. The molecule has 0 radical (unpaired) electrons. The largest absolute Gasteiger partial charge is 0.440 e. The fourth-order valence-electron chi connectivity index (χ4n) is 15.5. The van der Waals surface area contributed by atoms with Crippen molar-refractivity contribution in [1.82, 2.24) is 18.3 Å². The van der Waals surface area contributed by atoms with Gasteiger partial charge in [-0.2, -0.15) is 0 Å². The van der Waals surface area contributed by atoms with Gasteiger partial charge in [-0.15, -0.1) is 0 Å². The van der Waals surface area contributed by atoms with Crippen molar-refractivity contribution >= 4 is 69.9 Å². The molecule has 120 heavy (non-hydrogen) atoms. The van der Waals surface area contributed by atoms with Crippen molar-refractivity contribution in [1.29, 1.82) is 0 Å². The molecule has 8 aromatic carbocycles. The fourth-order valence-corrected chi connectivity index (χ4v) is 17.5. The third-order valence-electron chi connectivity index (χ3n) is 22.2. The van der Waals surface area contributed by atoms with Crippen LogP contribution >= 0.6 is 23.5 Å². The van der Waals surface area contributed by atoms with E-state index in [4.69, 9.17) is 32.4 Å². The maximum Gasteiger partial charge on any atom is 0.250 e. The van der Waals surface area contributed by atoms with Gasteiger partial charge in [-0.3, -0.25) is 28.3 Å². The number of primary amides is 4. The summed E-state index contributed by atoms with van der Waals surface area (Å²) in [4.78, 5) is 50.2. The average Bonchev–Trinajstić information content (AvgIpc) is 1.52. The third-order valence-corrected chi connectivity index (χ3v) is 24.3. The van der Waals surface area contributed by atoms with E-state index >= 15 is 0 Å². The number of aromatic nitrogens is 4. The SMILES string of the molecule is Cc1ccc(Oc2cccn2-c2ccc(C(N)=O)c(NC3CCC(O)CC3)c2)cc1.Cc1ccc(Sc2cccn2-c2ccc(C(N)=O)c(NC3CCC(O)CC3)c2)cc1.Cc1cccc(Oc2cccn2-c2ccc(C(N)=O)c(NC3CCC(O)CC3)c2)c1.Cc1cccc(Sc2cccn2-c2ccc(C(N)=O)c(NC3CCC(O)CC3)c2)c1. The zero-order valence-electron chi connectivity index (χ0n) is 68.2. The molecule has 22 nitrogen and oxygen atoms in total. The number of rotatable bonds is 24. The molecule has 0 atom stereocenters. The Hall–Kier alpha value is -11.9. The van der Waals surface area contributed by atoms with Gasteiger partial charge in [0.15, 0.2) is 0 Å². The molecule has 4 saturated carbocycles. The summed E-state index contributed by atoms with van der Waals surface area (Å²) >= 11 is 3.41. The molecular formula is C96H108N12O10S2. The van der Waals surface area contributed by atoms with Crippen molar-refractivity contribution in [3.05, 3.63) is 288 Å². The summed E-state index contributed by atoms with van der Waals surface area (Å²) in [6, 6.07) is 71.9. The van der Waals surface area contributed by atoms with Crippen LogP contribution in [-0.2, 0) is 0 Å². The quantitative estimate of drug-likeness (QED) is 0.0267. The van der Waals surface area contributed by atoms with E-state index in [0.29, 0.717) is 45.4 Å². The monoisotopic (exact) mass is 1650 g/mol. The van der Waals surface area contributed by atoms with E-state index in [2.05, 4.69) is 105 Å². The number of aliphatic hydroxyl groups is 4. The van der Waals surface area contributed by atoms with Crippen molar-refractivity contribution in [3.63, 3.8) is 0 Å². The van der Waals surface area contributed by atoms with E-state index in [1.54, 1.807) is 47.8 Å². The number of ether oxygens (including phenoxy) is 2. The number of carbonyl (C=O) groups excluding carboxylic acids is 4. The Morgan fingerprint density at radius 1 is 0.308 bits per heavy atom. The second kappa shape index (κ2) is 40.7. The van der Waals surface area contributed by atoms with Crippen LogP contribution in [0.15, 0.2) is 263 Å². The van der Waals surface area contributed by atoms with Crippen molar-refractivity contribution in [2.45, 2.75) is 199 Å². The van der Waals surface area contributed by atoms with Gasteiger partial charge in [-0.25, -0.2) is 0 Å². The molecule has 0 aliphatic heterocycles. The van der Waals surface area contributed by atoms with E-state index < -0.39 is 23.6 Å². The summed E-state index contributed by atoms with van der Waals surface area (Å²) in [5, 5.41) is 55.2. The highest BCUT2D eigenvalue weighted by Gasteiger charge is 2.27. The minimum absolute atomic E-state index is 0.203. The fraction of sp³-hybridized carbons (Fsp3) is 0.292. The predicted octanol–water partition coefficient (Wildman–Crippen LogP) is 18.3. The van der Waals surface area contributed by atoms with Gasteiger partial charge in [-0.05, 0) is 294 Å². The number of nitrogens with zero attached hydrogens (tertiary/aromatic N) is 4. The lowest BCUT2D eigenvalue weighted by Gasteiger charge is -2.28. The van der Waals surface area contributed by atoms with Gasteiger partial charge in [0.2, 0.25) is 11.8 Å². The van der Waals surface area contributed by atoms with E-state index in [9.17, 15) is 39.6 Å². The van der Waals surface area contributed by atoms with E-state index in [-0.39, 0.29) is 48.6 Å². The molecule has 4 amide bonds. The van der Waals surface area contributed by atoms with Crippen molar-refractivity contribution in [3.8, 4) is 46.0 Å². The molecule has 4 aliphatic rings. The van der Waals surface area contributed by atoms with Crippen LogP contribution in [0.2, 0.25) is 0 Å². The number of aliphatic hydroxyl groups excluding tert-OH is 4. The lowest BCUT2D eigenvalue weighted by molar-refractivity contribution is 0.0992. The van der Waals surface area contributed by atoms with E-state index in [0.717, 1.165) is 164 Å². The summed E-state index contributed by atoms with van der Waals surface area (Å²) in [6.07, 6.45) is 20.1. The molecule has 624 valence electrons. The van der Waals surface area contributed by atoms with Gasteiger partial charge in [0, 0.05) is 105 Å². The molecule has 0 bridgehead atoms. The number of nitrogens with one attached hydrogen (secondary N) is 4. The molecule has 0 spiro atoms. The summed E-state index contributed by atoms with van der Waals surface area (Å²) in [6.45, 7) is 8.23. The van der Waals surface area contributed by atoms with Crippen LogP contribution in [-0.4, -0.2) is 111 Å². The van der Waals surface area contributed by atoms with Crippen LogP contribution in [0.4, 0.5) is 22.7 Å². The van der Waals surface area contributed by atoms with Crippen LogP contribution in [0.3, 0.4) is 0 Å².